The molecule has 0 spiro atoms. The zero-order chi connectivity index (χ0) is 27.3. The molecule has 198 valence electrons. The van der Waals surface area contributed by atoms with E-state index in [0.29, 0.717) is 28.9 Å². The zero-order valence-corrected chi connectivity index (χ0v) is 22.1. The minimum Gasteiger partial charge on any atom is -0.354 e. The van der Waals surface area contributed by atoms with E-state index in [-0.39, 0.29) is 22.3 Å². The molecule has 2 rings (SSSR count). The summed E-state index contributed by atoms with van der Waals surface area (Å²) in [6.07, 6.45) is -3.28. The molecule has 0 aliphatic heterocycles. The van der Waals surface area contributed by atoms with E-state index in [0.717, 1.165) is 29.4 Å². The number of carbonyl (C=O) groups is 2. The zero-order valence-electron chi connectivity index (χ0n) is 19.8. The largest absolute Gasteiger partial charge is 0.416 e. The van der Waals surface area contributed by atoms with Crippen molar-refractivity contribution in [1.29, 1.82) is 0 Å². The smallest absolute Gasteiger partial charge is 0.354 e. The normalized spacial score (nSPS) is 12.7. The second kappa shape index (κ2) is 12.2. The predicted octanol–water partition coefficient (Wildman–Crippen LogP) is 4.72. The Morgan fingerprint density at radius 1 is 1.08 bits per heavy atom. The summed E-state index contributed by atoms with van der Waals surface area (Å²) in [6.45, 7) is 2.72. The number of hydrogen-bond donors (Lipinski definition) is 1. The van der Waals surface area contributed by atoms with Crippen LogP contribution in [0.2, 0.25) is 10.0 Å². The average molecular weight is 568 g/mol. The number of nitrogens with one attached hydrogen (secondary N) is 1. The minimum atomic E-state index is -4.71. The van der Waals surface area contributed by atoms with Gasteiger partial charge in [-0.05, 0) is 49.2 Å². The summed E-state index contributed by atoms with van der Waals surface area (Å²) < 4.78 is 65.2. The molecule has 1 atom stereocenters. The van der Waals surface area contributed by atoms with Gasteiger partial charge in [0.2, 0.25) is 21.8 Å². The van der Waals surface area contributed by atoms with Crippen molar-refractivity contribution in [2.45, 2.75) is 39.0 Å². The van der Waals surface area contributed by atoms with E-state index in [1.165, 1.54) is 19.1 Å². The summed E-state index contributed by atoms with van der Waals surface area (Å²) in [5, 5.41) is 3.17. The summed E-state index contributed by atoms with van der Waals surface area (Å²) >= 11 is 12.0. The van der Waals surface area contributed by atoms with Gasteiger partial charge in [-0.2, -0.15) is 13.2 Å². The van der Waals surface area contributed by atoms with Gasteiger partial charge < -0.3 is 10.2 Å². The van der Waals surface area contributed by atoms with Gasteiger partial charge in [0.15, 0.2) is 0 Å². The lowest BCUT2D eigenvalue weighted by Gasteiger charge is -2.31. The number of benzene rings is 2. The highest BCUT2D eigenvalue weighted by molar-refractivity contribution is 7.92. The summed E-state index contributed by atoms with van der Waals surface area (Å²) in [7, 11) is -4.17. The molecule has 2 aromatic carbocycles. The summed E-state index contributed by atoms with van der Waals surface area (Å²) in [4.78, 5) is 27.2. The average Bonchev–Trinajstić information content (AvgIpc) is 2.79. The van der Waals surface area contributed by atoms with Crippen molar-refractivity contribution >= 4 is 50.7 Å². The van der Waals surface area contributed by atoms with Gasteiger partial charge in [0.1, 0.15) is 12.6 Å². The number of hydrogen-bond acceptors (Lipinski definition) is 4. The van der Waals surface area contributed by atoms with E-state index >= 15 is 0 Å². The lowest BCUT2D eigenvalue weighted by molar-refractivity contribution is -0.139. The molecular formula is C23H26Cl2F3N3O4S. The monoisotopic (exact) mass is 567 g/mol. The fourth-order valence-corrected chi connectivity index (χ4v) is 4.43. The van der Waals surface area contributed by atoms with Crippen LogP contribution in [0, 0.1) is 0 Å². The van der Waals surface area contributed by atoms with Crippen molar-refractivity contribution < 1.29 is 31.2 Å². The third-order valence-electron chi connectivity index (χ3n) is 5.19. The van der Waals surface area contributed by atoms with Crippen LogP contribution in [0.4, 0.5) is 18.9 Å². The quantitative estimate of drug-likeness (QED) is 0.450. The first-order chi connectivity index (χ1) is 16.6. The second-order valence-electron chi connectivity index (χ2n) is 8.05. The predicted molar refractivity (Wildman–Crippen MR) is 133 cm³/mol. The van der Waals surface area contributed by atoms with Crippen LogP contribution in [0.15, 0.2) is 42.5 Å². The molecule has 36 heavy (non-hydrogen) atoms. The number of anilines is 1. The minimum absolute atomic E-state index is 0.128. The molecule has 2 amide bonds. The SMILES string of the molecule is CCCNC(=O)C(C)N(Cc1ccc(Cl)c(Cl)c1)C(=O)CN(c1cccc(C(F)(F)F)c1)S(C)(=O)=O. The van der Waals surface area contributed by atoms with Crippen LogP contribution in [0.25, 0.3) is 0 Å². The number of halogens is 5. The Labute approximate surface area is 218 Å². The first-order valence-electron chi connectivity index (χ1n) is 10.8. The van der Waals surface area contributed by atoms with E-state index in [1.54, 1.807) is 6.07 Å². The van der Waals surface area contributed by atoms with Gasteiger partial charge in [-0.15, -0.1) is 0 Å². The van der Waals surface area contributed by atoms with Crippen molar-refractivity contribution in [2.24, 2.45) is 0 Å². The van der Waals surface area contributed by atoms with Crippen LogP contribution in [0.3, 0.4) is 0 Å². The van der Waals surface area contributed by atoms with Gasteiger partial charge in [0.05, 0.1) is 27.6 Å². The summed E-state index contributed by atoms with van der Waals surface area (Å²) in [5.74, 6) is -1.28. The number of nitrogens with zero attached hydrogens (tertiary/aromatic N) is 2. The fraction of sp³-hybridized carbons (Fsp3) is 0.391. The number of rotatable bonds is 10. The molecule has 0 aliphatic rings. The van der Waals surface area contributed by atoms with Crippen molar-refractivity contribution in [3.8, 4) is 0 Å². The maximum atomic E-state index is 13.4. The highest BCUT2D eigenvalue weighted by atomic mass is 35.5. The fourth-order valence-electron chi connectivity index (χ4n) is 3.26. The van der Waals surface area contributed by atoms with Crippen LogP contribution in [0.5, 0.6) is 0 Å². The Hall–Kier alpha value is -2.50. The van der Waals surface area contributed by atoms with E-state index in [2.05, 4.69) is 5.32 Å². The Morgan fingerprint density at radius 2 is 1.75 bits per heavy atom. The molecule has 0 saturated heterocycles. The highest BCUT2D eigenvalue weighted by Gasteiger charge is 2.33. The standard InChI is InChI=1S/C23H26Cl2F3N3O4S/c1-4-10-29-22(33)15(2)30(13-16-8-9-19(24)20(25)11-16)21(32)14-31(36(3,34)35)18-7-5-6-17(12-18)23(26,27)28/h5-9,11-12,15H,4,10,13-14H2,1-3H3,(H,29,33). The van der Waals surface area contributed by atoms with Gasteiger partial charge in [-0.25, -0.2) is 8.42 Å². The highest BCUT2D eigenvalue weighted by Crippen LogP contribution is 2.32. The molecule has 0 aromatic heterocycles. The first kappa shape index (κ1) is 29.7. The third kappa shape index (κ3) is 8.01. The molecule has 0 saturated carbocycles. The summed E-state index contributed by atoms with van der Waals surface area (Å²) in [5.41, 5.74) is -0.891. The molecule has 0 bridgehead atoms. The van der Waals surface area contributed by atoms with E-state index in [1.807, 2.05) is 6.92 Å². The first-order valence-corrected chi connectivity index (χ1v) is 13.4. The number of sulfonamides is 1. The van der Waals surface area contributed by atoms with Crippen molar-refractivity contribution in [3.63, 3.8) is 0 Å². The number of alkyl halides is 3. The molecule has 1 N–H and O–H groups in total. The van der Waals surface area contributed by atoms with Crippen molar-refractivity contribution in [1.82, 2.24) is 10.2 Å². The molecule has 1 unspecified atom stereocenters. The molecule has 2 aromatic rings. The van der Waals surface area contributed by atoms with Crippen molar-refractivity contribution in [2.75, 3.05) is 23.7 Å². The second-order valence-corrected chi connectivity index (χ2v) is 10.8. The van der Waals surface area contributed by atoms with Crippen LogP contribution in [-0.2, 0) is 32.3 Å². The number of amides is 2. The van der Waals surface area contributed by atoms with Crippen LogP contribution in [0.1, 0.15) is 31.4 Å². The van der Waals surface area contributed by atoms with Crippen LogP contribution >= 0.6 is 23.2 Å². The Balaban J connectivity index is 2.45. The molecule has 0 aliphatic carbocycles. The molecule has 0 heterocycles. The summed E-state index contributed by atoms with van der Waals surface area (Å²) in [6, 6.07) is 7.22. The number of carbonyl (C=O) groups excluding carboxylic acids is 2. The van der Waals surface area contributed by atoms with Gasteiger partial charge >= 0.3 is 6.18 Å². The third-order valence-corrected chi connectivity index (χ3v) is 7.07. The van der Waals surface area contributed by atoms with E-state index < -0.39 is 46.2 Å². The molecule has 0 fully saturated rings. The van der Waals surface area contributed by atoms with Gasteiger partial charge in [0, 0.05) is 13.1 Å². The topological polar surface area (TPSA) is 86.8 Å². The molecular weight excluding hydrogens is 542 g/mol. The maximum Gasteiger partial charge on any atom is 0.416 e. The van der Waals surface area contributed by atoms with E-state index in [4.69, 9.17) is 23.2 Å². The van der Waals surface area contributed by atoms with Crippen LogP contribution in [-0.4, -0.2) is 50.5 Å². The molecule has 0 radical (unpaired) electrons. The lowest BCUT2D eigenvalue weighted by atomic mass is 10.1. The van der Waals surface area contributed by atoms with Gasteiger partial charge in [-0.3, -0.25) is 13.9 Å². The molecule has 7 nitrogen and oxygen atoms in total. The maximum absolute atomic E-state index is 13.4. The van der Waals surface area contributed by atoms with Crippen LogP contribution < -0.4 is 9.62 Å². The lowest BCUT2D eigenvalue weighted by Crippen LogP contribution is -2.51. The van der Waals surface area contributed by atoms with Gasteiger partial charge in [0.25, 0.3) is 0 Å². The molecule has 13 heteroatoms. The van der Waals surface area contributed by atoms with Crippen molar-refractivity contribution in [3.05, 3.63) is 63.6 Å². The Bertz CT molecular complexity index is 1210. The van der Waals surface area contributed by atoms with E-state index in [9.17, 15) is 31.2 Å². The van der Waals surface area contributed by atoms with Gasteiger partial charge in [-0.1, -0.05) is 42.3 Å². The Morgan fingerprint density at radius 3 is 2.31 bits per heavy atom. The Kier molecular flexibility index (Phi) is 10.0.